The summed E-state index contributed by atoms with van der Waals surface area (Å²) in [6.45, 7) is 4.01. The molecule has 1 aliphatic carbocycles. The van der Waals surface area contributed by atoms with Crippen LogP contribution in [0.3, 0.4) is 0 Å². The molecule has 1 aliphatic rings. The topological polar surface area (TPSA) is 50.7 Å². The van der Waals surface area contributed by atoms with Gasteiger partial charge in [0.05, 0.1) is 17.3 Å². The Labute approximate surface area is 125 Å². The van der Waals surface area contributed by atoms with E-state index < -0.39 is 0 Å². The minimum atomic E-state index is -0.303. The lowest BCUT2D eigenvalue weighted by molar-refractivity contribution is 0.627. The summed E-state index contributed by atoms with van der Waals surface area (Å²) in [6.07, 6.45) is 4.22. The summed E-state index contributed by atoms with van der Waals surface area (Å²) in [7, 11) is 0. The van der Waals surface area contributed by atoms with E-state index in [0.717, 1.165) is 30.5 Å². The lowest BCUT2D eigenvalue weighted by Crippen LogP contribution is -2.17. The van der Waals surface area contributed by atoms with Gasteiger partial charge in [-0.05, 0) is 49.1 Å². The first-order chi connectivity index (χ1) is 10.6. The van der Waals surface area contributed by atoms with Crippen molar-refractivity contribution in [2.24, 2.45) is 0 Å². The first kappa shape index (κ1) is 13.0. The van der Waals surface area contributed by atoms with E-state index in [2.05, 4.69) is 16.7 Å². The monoisotopic (exact) mass is 295 g/mol. The van der Waals surface area contributed by atoms with Crippen molar-refractivity contribution in [3.63, 3.8) is 0 Å². The molecule has 2 heterocycles. The number of allylic oxidation sites excluding steroid dienone is 1. The number of halogens is 1. The number of hydrogen-bond acceptors (Lipinski definition) is 2. The molecule has 2 aromatic heterocycles. The molecule has 0 amide bonds. The average Bonchev–Trinajstić information content (AvgIpc) is 2.92. The maximum atomic E-state index is 13.1. The van der Waals surface area contributed by atoms with Crippen LogP contribution < -0.4 is 5.43 Å². The van der Waals surface area contributed by atoms with E-state index in [1.54, 1.807) is 23.0 Å². The molecule has 1 aromatic carbocycles. The molecule has 22 heavy (non-hydrogen) atoms. The van der Waals surface area contributed by atoms with Crippen molar-refractivity contribution >= 4 is 16.6 Å². The molecule has 0 bridgehead atoms. The zero-order valence-corrected chi connectivity index (χ0v) is 11.9. The predicted octanol–water partition coefficient (Wildman–Crippen LogP) is 3.20. The van der Waals surface area contributed by atoms with E-state index in [1.807, 2.05) is 0 Å². The molecule has 0 unspecified atom stereocenters. The largest absolute Gasteiger partial charge is 0.342 e. The van der Waals surface area contributed by atoms with Crippen LogP contribution >= 0.6 is 0 Å². The minimum Gasteiger partial charge on any atom is -0.342 e. The van der Waals surface area contributed by atoms with E-state index in [9.17, 15) is 9.18 Å². The SMILES string of the molecule is C=C1CCCc2[nH]c3c(cnn3-c3ccc(F)cc3)c(=O)c21. The van der Waals surface area contributed by atoms with E-state index in [0.29, 0.717) is 22.3 Å². The number of fused-ring (bicyclic) bond motifs is 2. The fourth-order valence-corrected chi connectivity index (χ4v) is 3.06. The van der Waals surface area contributed by atoms with Crippen molar-refractivity contribution < 1.29 is 4.39 Å². The van der Waals surface area contributed by atoms with Gasteiger partial charge in [0.15, 0.2) is 5.43 Å². The third kappa shape index (κ3) is 1.82. The van der Waals surface area contributed by atoms with Crippen LogP contribution in [0, 0.1) is 5.82 Å². The Kier molecular flexibility index (Phi) is 2.76. The Balaban J connectivity index is 2.00. The molecular formula is C17H14FN3O. The van der Waals surface area contributed by atoms with E-state index in [4.69, 9.17) is 0 Å². The Morgan fingerprint density at radius 3 is 2.77 bits per heavy atom. The summed E-state index contributed by atoms with van der Waals surface area (Å²) in [5.74, 6) is -0.303. The second kappa shape index (κ2) is 4.66. The van der Waals surface area contributed by atoms with Crippen LogP contribution in [0.5, 0.6) is 0 Å². The van der Waals surface area contributed by atoms with Gasteiger partial charge in [0.1, 0.15) is 11.5 Å². The fourth-order valence-electron chi connectivity index (χ4n) is 3.06. The number of aryl methyl sites for hydroxylation is 1. The quantitative estimate of drug-likeness (QED) is 0.749. The molecule has 1 N–H and O–H groups in total. The fraction of sp³-hybridized carbons (Fsp3) is 0.176. The number of nitrogens with one attached hydrogen (secondary N) is 1. The maximum Gasteiger partial charge on any atom is 0.200 e. The molecule has 0 radical (unpaired) electrons. The van der Waals surface area contributed by atoms with Crippen molar-refractivity contribution in [1.29, 1.82) is 0 Å². The second-order valence-electron chi connectivity index (χ2n) is 5.56. The van der Waals surface area contributed by atoms with Crippen molar-refractivity contribution in [2.45, 2.75) is 19.3 Å². The number of pyridine rings is 1. The van der Waals surface area contributed by atoms with Gasteiger partial charge in [-0.2, -0.15) is 5.10 Å². The molecule has 110 valence electrons. The Morgan fingerprint density at radius 2 is 2.00 bits per heavy atom. The number of aromatic amines is 1. The number of benzene rings is 1. The predicted molar refractivity (Wildman–Crippen MR) is 83.6 cm³/mol. The molecule has 0 fully saturated rings. The first-order valence-electron chi connectivity index (χ1n) is 7.22. The van der Waals surface area contributed by atoms with Crippen LogP contribution in [0.25, 0.3) is 22.3 Å². The highest BCUT2D eigenvalue weighted by molar-refractivity contribution is 5.82. The molecule has 0 aliphatic heterocycles. The van der Waals surface area contributed by atoms with Gasteiger partial charge in [-0.3, -0.25) is 4.79 Å². The zero-order chi connectivity index (χ0) is 15.3. The zero-order valence-electron chi connectivity index (χ0n) is 11.9. The molecule has 4 nitrogen and oxygen atoms in total. The van der Waals surface area contributed by atoms with Crippen molar-refractivity contribution in [2.75, 3.05) is 0 Å². The Bertz CT molecular complexity index is 950. The first-order valence-corrected chi connectivity index (χ1v) is 7.22. The summed E-state index contributed by atoms with van der Waals surface area (Å²) in [5.41, 5.74) is 3.84. The summed E-state index contributed by atoms with van der Waals surface area (Å²) in [6, 6.07) is 6.03. The molecule has 0 saturated heterocycles. The van der Waals surface area contributed by atoms with Crippen LogP contribution in [-0.2, 0) is 6.42 Å². The molecule has 3 aromatic rings. The van der Waals surface area contributed by atoms with E-state index in [1.165, 1.54) is 12.1 Å². The smallest absolute Gasteiger partial charge is 0.200 e. The summed E-state index contributed by atoms with van der Waals surface area (Å²) in [4.78, 5) is 16.0. The van der Waals surface area contributed by atoms with Gasteiger partial charge < -0.3 is 4.98 Å². The highest BCUT2D eigenvalue weighted by atomic mass is 19.1. The van der Waals surface area contributed by atoms with Gasteiger partial charge >= 0.3 is 0 Å². The van der Waals surface area contributed by atoms with Gasteiger partial charge in [-0.1, -0.05) is 6.58 Å². The van der Waals surface area contributed by atoms with Gasteiger partial charge in [0, 0.05) is 11.3 Å². The minimum absolute atomic E-state index is 0.0261. The molecule has 0 saturated carbocycles. The second-order valence-corrected chi connectivity index (χ2v) is 5.56. The van der Waals surface area contributed by atoms with Crippen molar-refractivity contribution in [1.82, 2.24) is 14.8 Å². The number of nitrogens with zero attached hydrogens (tertiary/aromatic N) is 2. The maximum absolute atomic E-state index is 13.1. The number of aromatic nitrogens is 3. The van der Waals surface area contributed by atoms with Gasteiger partial charge in [-0.25, -0.2) is 9.07 Å². The van der Waals surface area contributed by atoms with Gasteiger partial charge in [0.2, 0.25) is 0 Å². The van der Waals surface area contributed by atoms with Crippen molar-refractivity contribution in [3.8, 4) is 5.69 Å². The lowest BCUT2D eigenvalue weighted by Gasteiger charge is -2.17. The normalized spacial score (nSPS) is 14.3. The average molecular weight is 295 g/mol. The summed E-state index contributed by atoms with van der Waals surface area (Å²) >= 11 is 0. The van der Waals surface area contributed by atoms with Crippen LogP contribution in [0.1, 0.15) is 24.1 Å². The Morgan fingerprint density at radius 1 is 1.23 bits per heavy atom. The highest BCUT2D eigenvalue weighted by Gasteiger charge is 2.20. The summed E-state index contributed by atoms with van der Waals surface area (Å²) < 4.78 is 14.7. The van der Waals surface area contributed by atoms with E-state index >= 15 is 0 Å². The highest BCUT2D eigenvalue weighted by Crippen LogP contribution is 2.27. The van der Waals surface area contributed by atoms with Gasteiger partial charge in [-0.15, -0.1) is 0 Å². The molecular weight excluding hydrogens is 281 g/mol. The molecule has 4 rings (SSSR count). The third-order valence-corrected chi connectivity index (χ3v) is 4.14. The van der Waals surface area contributed by atoms with Crippen LogP contribution in [0.4, 0.5) is 4.39 Å². The van der Waals surface area contributed by atoms with Gasteiger partial charge in [0.25, 0.3) is 0 Å². The van der Waals surface area contributed by atoms with E-state index in [-0.39, 0.29) is 11.2 Å². The number of H-pyrrole nitrogens is 1. The molecule has 0 spiro atoms. The number of rotatable bonds is 1. The summed E-state index contributed by atoms with van der Waals surface area (Å²) in [5, 5.41) is 4.82. The third-order valence-electron chi connectivity index (χ3n) is 4.14. The van der Waals surface area contributed by atoms with Crippen LogP contribution in [0.15, 0.2) is 41.8 Å². The lowest BCUT2D eigenvalue weighted by atomic mass is 9.91. The Hall–Kier alpha value is -2.69. The number of hydrogen-bond donors (Lipinski definition) is 1. The molecule has 0 atom stereocenters. The van der Waals surface area contributed by atoms with Crippen LogP contribution in [-0.4, -0.2) is 14.8 Å². The van der Waals surface area contributed by atoms with Crippen molar-refractivity contribution in [3.05, 3.63) is 64.3 Å². The van der Waals surface area contributed by atoms with Crippen LogP contribution in [0.2, 0.25) is 0 Å². The standard InChI is InChI=1S/C17H14FN3O/c1-10-3-2-4-14-15(10)16(22)13-9-19-21(17(13)20-14)12-7-5-11(18)6-8-12/h5-9H,1-4H2,(H,20,22). The molecule has 5 heteroatoms.